The number of carbonyl (C=O) groups excluding carboxylic acids is 1. The summed E-state index contributed by atoms with van der Waals surface area (Å²) in [5, 5.41) is 12.3. The summed E-state index contributed by atoms with van der Waals surface area (Å²) in [7, 11) is 0. The highest BCUT2D eigenvalue weighted by Gasteiger charge is 2.37. The molecule has 3 rings (SSSR count). The second-order valence-electron chi connectivity index (χ2n) is 5.61. The van der Waals surface area contributed by atoms with Crippen molar-refractivity contribution in [1.82, 2.24) is 9.78 Å². The maximum atomic E-state index is 13.1. The van der Waals surface area contributed by atoms with Gasteiger partial charge in [0.05, 0.1) is 17.2 Å². The van der Waals surface area contributed by atoms with Crippen molar-refractivity contribution < 1.29 is 22.4 Å². The lowest BCUT2D eigenvalue weighted by Crippen LogP contribution is -2.39. The van der Waals surface area contributed by atoms with Crippen LogP contribution >= 0.6 is 0 Å². The van der Waals surface area contributed by atoms with E-state index >= 15 is 0 Å². The quantitative estimate of drug-likeness (QED) is 0.779. The van der Waals surface area contributed by atoms with E-state index in [1.807, 2.05) is 0 Å². The van der Waals surface area contributed by atoms with Crippen molar-refractivity contribution in [2.45, 2.75) is 25.1 Å². The SMILES string of the molecule is N#Cc1ccc(N2CCC[C@@H]2C(=O)n2ccc(F)n2)cc1C(F)(F)F. The number of hydrogen-bond donors (Lipinski definition) is 0. The van der Waals surface area contributed by atoms with Crippen molar-refractivity contribution in [1.29, 1.82) is 5.26 Å². The summed E-state index contributed by atoms with van der Waals surface area (Å²) in [6.45, 7) is 0.378. The molecule has 1 saturated heterocycles. The molecular formula is C16H12F4N4O. The first kappa shape index (κ1) is 17.0. The Hall–Kier alpha value is -2.89. The van der Waals surface area contributed by atoms with Crippen molar-refractivity contribution in [3.63, 3.8) is 0 Å². The van der Waals surface area contributed by atoms with Gasteiger partial charge in [0.2, 0.25) is 5.95 Å². The standard InChI is InChI=1S/C16H12F4N4O/c17-14-5-7-24(22-14)15(25)13-2-1-6-23(13)11-4-3-10(9-21)12(8-11)16(18,19)20/h3-5,7-8,13H,1-2,6H2/t13-/m1/s1. The smallest absolute Gasteiger partial charge is 0.359 e. The van der Waals surface area contributed by atoms with Crippen LogP contribution in [0.4, 0.5) is 23.2 Å². The molecule has 130 valence electrons. The number of nitrogens with zero attached hydrogens (tertiary/aromatic N) is 4. The monoisotopic (exact) mass is 352 g/mol. The van der Waals surface area contributed by atoms with Crippen LogP contribution in [0.2, 0.25) is 0 Å². The van der Waals surface area contributed by atoms with Gasteiger partial charge < -0.3 is 4.90 Å². The van der Waals surface area contributed by atoms with Gasteiger partial charge in [0.15, 0.2) is 0 Å². The lowest BCUT2D eigenvalue weighted by Gasteiger charge is -2.26. The normalized spacial score (nSPS) is 17.6. The Morgan fingerprint density at radius 3 is 2.68 bits per heavy atom. The molecule has 1 aliphatic heterocycles. The Balaban J connectivity index is 1.95. The van der Waals surface area contributed by atoms with Gasteiger partial charge in [0.1, 0.15) is 6.04 Å². The van der Waals surface area contributed by atoms with E-state index in [4.69, 9.17) is 5.26 Å². The minimum atomic E-state index is -4.68. The Bertz CT molecular complexity index is 853. The third-order valence-electron chi connectivity index (χ3n) is 4.08. The molecular weight excluding hydrogens is 340 g/mol. The summed E-state index contributed by atoms with van der Waals surface area (Å²) in [5.74, 6) is -1.32. The third-order valence-corrected chi connectivity index (χ3v) is 4.08. The van der Waals surface area contributed by atoms with E-state index in [1.54, 1.807) is 0 Å². The maximum absolute atomic E-state index is 13.1. The van der Waals surface area contributed by atoms with Crippen LogP contribution in [-0.2, 0) is 6.18 Å². The zero-order valence-corrected chi connectivity index (χ0v) is 12.8. The van der Waals surface area contributed by atoms with Crippen LogP contribution in [0.5, 0.6) is 0 Å². The Morgan fingerprint density at radius 2 is 2.08 bits per heavy atom. The highest BCUT2D eigenvalue weighted by atomic mass is 19.4. The van der Waals surface area contributed by atoms with Crippen molar-refractivity contribution >= 4 is 11.6 Å². The highest BCUT2D eigenvalue weighted by molar-refractivity contribution is 5.87. The first-order valence-corrected chi connectivity index (χ1v) is 7.44. The van der Waals surface area contributed by atoms with Gasteiger partial charge >= 0.3 is 6.18 Å². The topological polar surface area (TPSA) is 61.9 Å². The van der Waals surface area contributed by atoms with Crippen LogP contribution in [0, 0.1) is 17.3 Å². The molecule has 0 bridgehead atoms. The van der Waals surface area contributed by atoms with Crippen LogP contribution in [0.3, 0.4) is 0 Å². The van der Waals surface area contributed by atoms with E-state index in [9.17, 15) is 22.4 Å². The highest BCUT2D eigenvalue weighted by Crippen LogP contribution is 2.36. The summed E-state index contributed by atoms with van der Waals surface area (Å²) in [5.41, 5.74) is -1.34. The van der Waals surface area contributed by atoms with Gasteiger partial charge in [0.25, 0.3) is 5.91 Å². The maximum Gasteiger partial charge on any atom is 0.417 e. The number of nitriles is 1. The average Bonchev–Trinajstić information content (AvgIpc) is 3.21. The van der Waals surface area contributed by atoms with E-state index in [0.717, 1.165) is 22.9 Å². The Kier molecular flexibility index (Phi) is 4.20. The molecule has 0 N–H and O–H groups in total. The Labute approximate surface area is 140 Å². The van der Waals surface area contributed by atoms with Crippen molar-refractivity contribution in [2.24, 2.45) is 0 Å². The number of aromatic nitrogens is 2. The number of halogens is 4. The predicted octanol–water partition coefficient (Wildman–Crippen LogP) is 3.22. The molecule has 1 atom stereocenters. The molecule has 0 radical (unpaired) electrons. The van der Waals surface area contributed by atoms with Crippen LogP contribution < -0.4 is 4.90 Å². The van der Waals surface area contributed by atoms with Gasteiger partial charge in [0, 0.05) is 24.5 Å². The molecule has 1 aromatic carbocycles. The molecule has 0 unspecified atom stereocenters. The lowest BCUT2D eigenvalue weighted by atomic mass is 10.1. The number of hydrogen-bond acceptors (Lipinski definition) is 4. The number of rotatable bonds is 2. The number of benzene rings is 1. The van der Waals surface area contributed by atoms with Gasteiger partial charge in [-0.1, -0.05) is 0 Å². The first-order chi connectivity index (χ1) is 11.8. The van der Waals surface area contributed by atoms with E-state index in [0.29, 0.717) is 19.4 Å². The summed E-state index contributed by atoms with van der Waals surface area (Å²) in [6.07, 6.45) is -2.48. The second kappa shape index (κ2) is 6.20. The van der Waals surface area contributed by atoms with E-state index < -0.39 is 35.2 Å². The molecule has 1 aromatic heterocycles. The largest absolute Gasteiger partial charge is 0.417 e. The molecule has 0 amide bonds. The summed E-state index contributed by atoms with van der Waals surface area (Å²) in [6, 6.07) is 5.14. The van der Waals surface area contributed by atoms with Crippen LogP contribution in [-0.4, -0.2) is 28.3 Å². The Morgan fingerprint density at radius 1 is 1.32 bits per heavy atom. The van der Waals surface area contributed by atoms with Crippen molar-refractivity contribution in [2.75, 3.05) is 11.4 Å². The van der Waals surface area contributed by atoms with Crippen LogP contribution in [0.1, 0.15) is 28.8 Å². The van der Waals surface area contributed by atoms with Gasteiger partial charge in [-0.2, -0.15) is 22.8 Å². The number of anilines is 1. The van der Waals surface area contributed by atoms with Crippen LogP contribution in [0.15, 0.2) is 30.5 Å². The number of alkyl halides is 3. The molecule has 0 spiro atoms. The van der Waals surface area contributed by atoms with Crippen molar-refractivity contribution in [3.05, 3.63) is 47.5 Å². The second-order valence-corrected chi connectivity index (χ2v) is 5.61. The van der Waals surface area contributed by atoms with Gasteiger partial charge in [-0.3, -0.25) is 4.79 Å². The van der Waals surface area contributed by atoms with Crippen molar-refractivity contribution in [3.8, 4) is 6.07 Å². The molecule has 1 aliphatic rings. The summed E-state index contributed by atoms with van der Waals surface area (Å²) >= 11 is 0. The van der Waals surface area contributed by atoms with E-state index in [1.165, 1.54) is 23.2 Å². The minimum absolute atomic E-state index is 0.190. The lowest BCUT2D eigenvalue weighted by molar-refractivity contribution is -0.137. The van der Waals surface area contributed by atoms with Gasteiger partial charge in [-0.25, -0.2) is 4.68 Å². The predicted molar refractivity (Wildman–Crippen MR) is 79.3 cm³/mol. The van der Waals surface area contributed by atoms with Crippen LogP contribution in [0.25, 0.3) is 0 Å². The fourth-order valence-corrected chi connectivity index (χ4v) is 2.95. The first-order valence-electron chi connectivity index (χ1n) is 7.44. The molecule has 2 aromatic rings. The molecule has 9 heteroatoms. The fraction of sp³-hybridized carbons (Fsp3) is 0.312. The average molecular weight is 352 g/mol. The van der Waals surface area contributed by atoms with E-state index in [-0.39, 0.29) is 5.69 Å². The number of carbonyl (C=O) groups is 1. The minimum Gasteiger partial charge on any atom is -0.359 e. The van der Waals surface area contributed by atoms with Gasteiger partial charge in [-0.15, -0.1) is 5.10 Å². The van der Waals surface area contributed by atoms with E-state index in [2.05, 4.69) is 5.10 Å². The summed E-state index contributed by atoms with van der Waals surface area (Å²) < 4.78 is 53.3. The molecule has 0 aliphatic carbocycles. The molecule has 2 heterocycles. The molecule has 5 nitrogen and oxygen atoms in total. The van der Waals surface area contributed by atoms with Gasteiger partial charge in [-0.05, 0) is 31.0 Å². The zero-order valence-electron chi connectivity index (χ0n) is 12.8. The molecule has 0 saturated carbocycles. The molecule has 1 fully saturated rings. The third kappa shape index (κ3) is 3.20. The zero-order chi connectivity index (χ0) is 18.2. The summed E-state index contributed by atoms with van der Waals surface area (Å²) in [4.78, 5) is 14.0. The fourth-order valence-electron chi connectivity index (χ4n) is 2.95. The molecule has 25 heavy (non-hydrogen) atoms.